The number of benzene rings is 3. The van der Waals surface area contributed by atoms with Crippen LogP contribution in [-0.4, -0.2) is 20.5 Å². The predicted octanol–water partition coefficient (Wildman–Crippen LogP) is 3.73. The molecule has 6 rings (SSSR count). The van der Waals surface area contributed by atoms with Gasteiger partial charge in [-0.1, -0.05) is 72.0 Å². The minimum absolute atomic E-state index is 0.0679. The number of hydrogen-bond donors (Lipinski definition) is 0. The number of rotatable bonds is 3. The number of fused-ring (bicyclic) bond motifs is 2. The third kappa shape index (κ3) is 3.07. The molecular weight excluding hydrogens is 451 g/mol. The third-order valence-electron chi connectivity index (χ3n) is 5.98. The molecule has 3 heterocycles. The second-order valence-electron chi connectivity index (χ2n) is 8.06. The number of anilines is 1. The minimum Gasteiger partial charge on any atom is -0.303 e. The number of carbonyl (C=O) groups is 1. The van der Waals surface area contributed by atoms with Crippen LogP contribution in [0.25, 0.3) is 21.9 Å². The molecule has 0 unspecified atom stereocenters. The van der Waals surface area contributed by atoms with E-state index in [0.29, 0.717) is 33.2 Å². The van der Waals surface area contributed by atoms with Crippen LogP contribution in [0.15, 0.2) is 77.6 Å². The average Bonchev–Trinajstić information content (AvgIpc) is 3.47. The van der Waals surface area contributed by atoms with Crippen molar-refractivity contribution in [2.24, 2.45) is 0 Å². The summed E-state index contributed by atoms with van der Waals surface area (Å²) >= 11 is 1.14. The summed E-state index contributed by atoms with van der Waals surface area (Å²) in [6.45, 7) is 2.03. The number of hydrogen-bond acceptors (Lipinski definition) is 5. The minimum atomic E-state index is -0.391. The van der Waals surface area contributed by atoms with E-state index < -0.39 is 5.56 Å². The summed E-state index contributed by atoms with van der Waals surface area (Å²) in [7, 11) is 0. The zero-order chi connectivity index (χ0) is 23.4. The van der Waals surface area contributed by atoms with E-state index in [-0.39, 0.29) is 22.8 Å². The number of nitrogens with zero attached hydrogens (tertiary/aromatic N) is 4. The molecule has 166 valence electrons. The van der Waals surface area contributed by atoms with Crippen LogP contribution in [0.2, 0.25) is 0 Å². The van der Waals surface area contributed by atoms with Gasteiger partial charge in [-0.2, -0.15) is 9.50 Å². The fourth-order valence-electron chi connectivity index (χ4n) is 4.28. The van der Waals surface area contributed by atoms with Crippen LogP contribution in [0, 0.1) is 12.7 Å². The SMILES string of the molecule is Cc1ccccc1-c1nc2s/c(=C3\C(=O)N(Cc4ccccc4F)c4ccccc43)c(=O)n2n1. The van der Waals surface area contributed by atoms with Gasteiger partial charge >= 0.3 is 0 Å². The van der Waals surface area contributed by atoms with Crippen LogP contribution in [0.4, 0.5) is 10.1 Å². The van der Waals surface area contributed by atoms with Crippen molar-refractivity contribution in [3.63, 3.8) is 0 Å². The van der Waals surface area contributed by atoms with Gasteiger partial charge in [-0.3, -0.25) is 9.59 Å². The zero-order valence-corrected chi connectivity index (χ0v) is 18.8. The van der Waals surface area contributed by atoms with Gasteiger partial charge in [0.05, 0.1) is 17.8 Å². The molecule has 0 fully saturated rings. The van der Waals surface area contributed by atoms with E-state index in [1.54, 1.807) is 30.3 Å². The van der Waals surface area contributed by atoms with E-state index in [0.717, 1.165) is 22.5 Å². The van der Waals surface area contributed by atoms with Gasteiger partial charge in [0.2, 0.25) is 4.96 Å². The maximum absolute atomic E-state index is 14.3. The highest BCUT2D eigenvalue weighted by Crippen LogP contribution is 2.36. The van der Waals surface area contributed by atoms with Crippen molar-refractivity contribution in [1.82, 2.24) is 14.6 Å². The van der Waals surface area contributed by atoms with E-state index in [1.165, 1.54) is 15.5 Å². The van der Waals surface area contributed by atoms with Crippen molar-refractivity contribution in [2.75, 3.05) is 4.90 Å². The molecular formula is C26H17FN4O2S. The van der Waals surface area contributed by atoms with E-state index in [1.807, 2.05) is 43.3 Å². The fraction of sp³-hybridized carbons (Fsp3) is 0.0769. The first-order chi connectivity index (χ1) is 16.5. The summed E-state index contributed by atoms with van der Waals surface area (Å²) < 4.78 is 15.9. The maximum atomic E-state index is 14.3. The molecule has 8 heteroatoms. The summed E-state index contributed by atoms with van der Waals surface area (Å²) in [5.41, 5.74) is 3.45. The van der Waals surface area contributed by atoms with E-state index in [4.69, 9.17) is 0 Å². The molecule has 0 N–H and O–H groups in total. The Morgan fingerprint density at radius 3 is 2.38 bits per heavy atom. The molecule has 5 aromatic rings. The molecule has 6 nitrogen and oxygen atoms in total. The Balaban J connectivity index is 1.51. The molecule has 0 saturated heterocycles. The average molecular weight is 469 g/mol. The van der Waals surface area contributed by atoms with Crippen molar-refractivity contribution < 1.29 is 9.18 Å². The molecule has 1 aliphatic rings. The number of aromatic nitrogens is 3. The lowest BCUT2D eigenvalue weighted by Crippen LogP contribution is -2.32. The Bertz CT molecular complexity index is 1720. The summed E-state index contributed by atoms with van der Waals surface area (Å²) in [6.07, 6.45) is 0. The lowest BCUT2D eigenvalue weighted by atomic mass is 10.1. The molecule has 0 aliphatic carbocycles. The molecule has 0 bridgehead atoms. The molecule has 34 heavy (non-hydrogen) atoms. The van der Waals surface area contributed by atoms with E-state index in [2.05, 4.69) is 10.1 Å². The maximum Gasteiger partial charge on any atom is 0.291 e. The van der Waals surface area contributed by atoms with Gasteiger partial charge in [0.15, 0.2) is 5.82 Å². The summed E-state index contributed by atoms with van der Waals surface area (Å²) in [5, 5.41) is 4.43. The van der Waals surface area contributed by atoms with Gasteiger partial charge in [0, 0.05) is 16.7 Å². The molecule has 3 aromatic carbocycles. The molecule has 1 aliphatic heterocycles. The van der Waals surface area contributed by atoms with Crippen LogP contribution in [0.5, 0.6) is 0 Å². The Kier molecular flexibility index (Phi) is 4.63. The first kappa shape index (κ1) is 20.4. The third-order valence-corrected chi connectivity index (χ3v) is 7.01. The number of halogens is 1. The lowest BCUT2D eigenvalue weighted by Gasteiger charge is -2.17. The first-order valence-corrected chi connectivity index (χ1v) is 11.5. The number of aryl methyl sites for hydroxylation is 1. The van der Waals surface area contributed by atoms with Gasteiger partial charge in [-0.25, -0.2) is 4.39 Å². The number of carbonyl (C=O) groups excluding carboxylic acids is 1. The highest BCUT2D eigenvalue weighted by atomic mass is 32.1. The van der Waals surface area contributed by atoms with Crippen LogP contribution < -0.4 is 15.0 Å². The van der Waals surface area contributed by atoms with Crippen molar-refractivity contribution >= 4 is 33.5 Å². The van der Waals surface area contributed by atoms with Crippen LogP contribution in [0.1, 0.15) is 16.7 Å². The van der Waals surface area contributed by atoms with Crippen molar-refractivity contribution in [1.29, 1.82) is 0 Å². The smallest absolute Gasteiger partial charge is 0.291 e. The number of para-hydroxylation sites is 1. The van der Waals surface area contributed by atoms with E-state index >= 15 is 0 Å². The van der Waals surface area contributed by atoms with Gasteiger partial charge < -0.3 is 4.90 Å². The fourth-order valence-corrected chi connectivity index (χ4v) is 5.27. The molecule has 0 atom stereocenters. The molecule has 0 saturated carbocycles. The monoisotopic (exact) mass is 468 g/mol. The number of thiazole rings is 1. The lowest BCUT2D eigenvalue weighted by molar-refractivity contribution is -0.113. The summed E-state index contributed by atoms with van der Waals surface area (Å²) in [6, 6.07) is 21.3. The second-order valence-corrected chi connectivity index (χ2v) is 9.03. The van der Waals surface area contributed by atoms with Crippen LogP contribution in [-0.2, 0) is 11.3 Å². The van der Waals surface area contributed by atoms with Gasteiger partial charge in [-0.15, -0.1) is 5.10 Å². The predicted molar refractivity (Wildman–Crippen MR) is 129 cm³/mol. The second kappa shape index (κ2) is 7.71. The Labute approximate surface area is 197 Å². The highest BCUT2D eigenvalue weighted by molar-refractivity contribution is 7.15. The van der Waals surface area contributed by atoms with Crippen molar-refractivity contribution in [3.05, 3.63) is 110 Å². The van der Waals surface area contributed by atoms with Crippen LogP contribution >= 0.6 is 11.3 Å². The molecule has 1 amide bonds. The molecule has 0 radical (unpaired) electrons. The van der Waals surface area contributed by atoms with Gasteiger partial charge in [0.1, 0.15) is 10.3 Å². The topological polar surface area (TPSA) is 67.6 Å². The summed E-state index contributed by atoms with van der Waals surface area (Å²) in [4.78, 5) is 33.4. The van der Waals surface area contributed by atoms with Crippen molar-refractivity contribution in [3.8, 4) is 11.4 Å². The van der Waals surface area contributed by atoms with Gasteiger partial charge in [0.25, 0.3) is 11.5 Å². The quantitative estimate of drug-likeness (QED) is 0.405. The summed E-state index contributed by atoms with van der Waals surface area (Å²) in [5.74, 6) is -0.254. The van der Waals surface area contributed by atoms with Crippen LogP contribution in [0.3, 0.4) is 0 Å². The normalized spacial score (nSPS) is 14.8. The van der Waals surface area contributed by atoms with Crippen molar-refractivity contribution in [2.45, 2.75) is 13.5 Å². The molecule has 0 spiro atoms. The first-order valence-electron chi connectivity index (χ1n) is 10.7. The largest absolute Gasteiger partial charge is 0.303 e. The highest BCUT2D eigenvalue weighted by Gasteiger charge is 2.34. The van der Waals surface area contributed by atoms with E-state index in [9.17, 15) is 14.0 Å². The zero-order valence-electron chi connectivity index (χ0n) is 18.0. The Hall–Kier alpha value is -4.17. The Morgan fingerprint density at radius 2 is 1.62 bits per heavy atom. The standard InChI is InChI=1S/C26H17FN4O2S/c1-15-8-2-4-10-17(15)23-28-26-31(29-23)25(33)22(34-26)21-18-11-5-7-13-20(18)30(24(21)32)14-16-9-3-6-12-19(16)27/h2-13H,14H2,1H3/b22-21-. The molecule has 2 aromatic heterocycles. The number of amides is 1. The Morgan fingerprint density at radius 1 is 0.912 bits per heavy atom. The van der Waals surface area contributed by atoms with Gasteiger partial charge in [-0.05, 0) is 24.6 Å².